The molecule has 38 valence electrons. The standard InChI is InChI=1S/C5H10O.K.H/c1-2-3-4-5-6;;/h5H,2-4H2,1H3;;. The van der Waals surface area contributed by atoms with E-state index in [1.807, 2.05) is 0 Å². The first kappa shape index (κ1) is 11.1. The molecule has 0 aromatic heterocycles. The average molecular weight is 126 g/mol. The van der Waals surface area contributed by atoms with Crippen molar-refractivity contribution in [3.8, 4) is 0 Å². The van der Waals surface area contributed by atoms with Gasteiger partial charge < -0.3 is 4.79 Å². The van der Waals surface area contributed by atoms with E-state index in [1.165, 1.54) is 0 Å². The van der Waals surface area contributed by atoms with Crippen LogP contribution in [0.3, 0.4) is 0 Å². The first-order valence-electron chi connectivity index (χ1n) is 2.35. The van der Waals surface area contributed by atoms with Crippen LogP contribution in [0, 0.1) is 0 Å². The summed E-state index contributed by atoms with van der Waals surface area (Å²) in [5, 5.41) is 0. The van der Waals surface area contributed by atoms with Crippen molar-refractivity contribution in [2.75, 3.05) is 0 Å². The second kappa shape index (κ2) is 10.3. The molecule has 0 N–H and O–H groups in total. The SMILES string of the molecule is CCCCC=O.[KH]. The molecule has 0 unspecified atom stereocenters. The average Bonchev–Trinajstić information content (AvgIpc) is 1.61. The van der Waals surface area contributed by atoms with Crippen molar-refractivity contribution in [1.29, 1.82) is 0 Å². The van der Waals surface area contributed by atoms with Crippen molar-refractivity contribution in [3.05, 3.63) is 0 Å². The molecule has 0 radical (unpaired) electrons. The van der Waals surface area contributed by atoms with Crippen molar-refractivity contribution >= 4 is 57.7 Å². The molecule has 0 rings (SSSR count). The minimum atomic E-state index is 0. The molecule has 0 amide bonds. The Labute approximate surface area is 87.3 Å². The predicted octanol–water partition coefficient (Wildman–Crippen LogP) is 0.727. The summed E-state index contributed by atoms with van der Waals surface area (Å²) in [5.74, 6) is 0. The third kappa shape index (κ3) is 11.1. The van der Waals surface area contributed by atoms with Crippen molar-refractivity contribution in [3.63, 3.8) is 0 Å². The van der Waals surface area contributed by atoms with Gasteiger partial charge in [-0.25, -0.2) is 0 Å². The van der Waals surface area contributed by atoms with E-state index in [0.717, 1.165) is 25.5 Å². The van der Waals surface area contributed by atoms with Gasteiger partial charge in [0.15, 0.2) is 0 Å². The van der Waals surface area contributed by atoms with Crippen LogP contribution in [0.5, 0.6) is 0 Å². The van der Waals surface area contributed by atoms with Gasteiger partial charge in [-0.05, 0) is 6.42 Å². The van der Waals surface area contributed by atoms with Crippen LogP contribution in [0.4, 0.5) is 0 Å². The summed E-state index contributed by atoms with van der Waals surface area (Å²) in [7, 11) is 0. The van der Waals surface area contributed by atoms with E-state index >= 15 is 0 Å². The van der Waals surface area contributed by atoms with Crippen molar-refractivity contribution in [2.24, 2.45) is 0 Å². The summed E-state index contributed by atoms with van der Waals surface area (Å²) in [6, 6.07) is 0. The second-order valence-corrected chi connectivity index (χ2v) is 1.31. The summed E-state index contributed by atoms with van der Waals surface area (Å²) in [6.07, 6.45) is 3.86. The van der Waals surface area contributed by atoms with E-state index in [-0.39, 0.29) is 51.4 Å². The topological polar surface area (TPSA) is 17.1 Å². The van der Waals surface area contributed by atoms with Crippen LogP contribution in [0.2, 0.25) is 0 Å². The molecule has 0 atom stereocenters. The van der Waals surface area contributed by atoms with Gasteiger partial charge in [-0.15, -0.1) is 0 Å². The molecule has 0 spiro atoms. The maximum absolute atomic E-state index is 9.56. The first-order chi connectivity index (χ1) is 2.91. The molecule has 0 fully saturated rings. The van der Waals surface area contributed by atoms with Crippen molar-refractivity contribution in [2.45, 2.75) is 26.2 Å². The van der Waals surface area contributed by atoms with Gasteiger partial charge in [0.2, 0.25) is 0 Å². The Bertz CT molecular complexity index is 37.1. The maximum atomic E-state index is 9.56. The van der Waals surface area contributed by atoms with Crippen molar-refractivity contribution in [1.82, 2.24) is 0 Å². The molecule has 1 nitrogen and oxygen atoms in total. The molecule has 0 aromatic carbocycles. The molecule has 0 saturated heterocycles. The minimum absolute atomic E-state index is 0. The first-order valence-corrected chi connectivity index (χ1v) is 2.35. The molecule has 0 bridgehead atoms. The molecule has 0 aliphatic rings. The Balaban J connectivity index is 0. The van der Waals surface area contributed by atoms with Gasteiger partial charge in [-0.2, -0.15) is 0 Å². The van der Waals surface area contributed by atoms with Crippen LogP contribution in [0.25, 0.3) is 0 Å². The number of hydrogen-bond donors (Lipinski definition) is 0. The zero-order valence-electron chi connectivity index (χ0n) is 4.11. The van der Waals surface area contributed by atoms with E-state index in [2.05, 4.69) is 6.92 Å². The summed E-state index contributed by atoms with van der Waals surface area (Å²) < 4.78 is 0. The Morgan fingerprint density at radius 3 is 2.29 bits per heavy atom. The quantitative estimate of drug-likeness (QED) is 0.309. The third-order valence-electron chi connectivity index (χ3n) is 0.676. The fourth-order valence-corrected chi connectivity index (χ4v) is 0.287. The fraction of sp³-hybridized carbons (Fsp3) is 0.800. The molecule has 0 aromatic rings. The Hall–Kier alpha value is 1.31. The Morgan fingerprint density at radius 1 is 1.57 bits per heavy atom. The van der Waals surface area contributed by atoms with Crippen LogP contribution in [0.1, 0.15) is 26.2 Å². The van der Waals surface area contributed by atoms with E-state index in [4.69, 9.17) is 0 Å². The van der Waals surface area contributed by atoms with E-state index in [0.29, 0.717) is 0 Å². The van der Waals surface area contributed by atoms with Gasteiger partial charge in [-0.1, -0.05) is 13.3 Å². The Morgan fingerprint density at radius 2 is 2.14 bits per heavy atom. The molecule has 0 heterocycles. The number of carbonyl (C=O) groups is 1. The summed E-state index contributed by atoms with van der Waals surface area (Å²) in [5.41, 5.74) is 0. The van der Waals surface area contributed by atoms with Gasteiger partial charge in [0.05, 0.1) is 0 Å². The number of aldehydes is 1. The van der Waals surface area contributed by atoms with Gasteiger partial charge in [0.25, 0.3) is 0 Å². The molecular formula is C5H11KO. The molecule has 2 heteroatoms. The van der Waals surface area contributed by atoms with Crippen LogP contribution in [-0.2, 0) is 4.79 Å². The Kier molecular flexibility index (Phi) is 16.4. The van der Waals surface area contributed by atoms with Gasteiger partial charge in [0.1, 0.15) is 6.29 Å². The van der Waals surface area contributed by atoms with Gasteiger partial charge in [-0.3, -0.25) is 0 Å². The van der Waals surface area contributed by atoms with E-state index < -0.39 is 0 Å². The molecule has 7 heavy (non-hydrogen) atoms. The van der Waals surface area contributed by atoms with Crippen LogP contribution >= 0.6 is 0 Å². The second-order valence-electron chi connectivity index (χ2n) is 1.31. The molecule has 0 aliphatic carbocycles. The van der Waals surface area contributed by atoms with E-state index in [9.17, 15) is 4.79 Å². The van der Waals surface area contributed by atoms with Crippen LogP contribution in [0.15, 0.2) is 0 Å². The number of hydrogen-bond acceptors (Lipinski definition) is 1. The normalized spacial score (nSPS) is 7.00. The summed E-state index contributed by atoms with van der Waals surface area (Å²) in [4.78, 5) is 9.56. The third-order valence-corrected chi connectivity index (χ3v) is 0.676. The monoisotopic (exact) mass is 126 g/mol. The van der Waals surface area contributed by atoms with Crippen molar-refractivity contribution < 1.29 is 4.79 Å². The number of rotatable bonds is 3. The molecule has 0 saturated carbocycles. The van der Waals surface area contributed by atoms with Gasteiger partial charge in [0, 0.05) is 6.42 Å². The zero-order valence-corrected chi connectivity index (χ0v) is 4.11. The predicted molar refractivity (Wildman–Crippen MR) is 32.7 cm³/mol. The van der Waals surface area contributed by atoms with Crippen LogP contribution < -0.4 is 0 Å². The summed E-state index contributed by atoms with van der Waals surface area (Å²) in [6.45, 7) is 2.07. The molecular weight excluding hydrogens is 115 g/mol. The fourth-order valence-electron chi connectivity index (χ4n) is 0.287. The number of unbranched alkanes of at least 4 members (excludes halogenated alkanes) is 2. The van der Waals surface area contributed by atoms with E-state index in [1.54, 1.807) is 0 Å². The van der Waals surface area contributed by atoms with Crippen LogP contribution in [-0.4, -0.2) is 57.7 Å². The zero-order chi connectivity index (χ0) is 4.83. The molecule has 0 aliphatic heterocycles. The number of carbonyl (C=O) groups excluding carboxylic acids is 1. The van der Waals surface area contributed by atoms with Gasteiger partial charge >= 0.3 is 51.4 Å². The summed E-state index contributed by atoms with van der Waals surface area (Å²) >= 11 is 0.